The summed E-state index contributed by atoms with van der Waals surface area (Å²) >= 11 is 0. The molecule has 0 radical (unpaired) electrons. The number of nitrogens with zero attached hydrogens (tertiary/aromatic N) is 5. The van der Waals surface area contributed by atoms with Gasteiger partial charge in [0, 0.05) is 43.6 Å². The Morgan fingerprint density at radius 3 is 2.65 bits per heavy atom. The van der Waals surface area contributed by atoms with Crippen molar-refractivity contribution in [3.05, 3.63) is 47.9 Å². The number of aryl methyl sites for hydroxylation is 1. The van der Waals surface area contributed by atoms with E-state index in [-0.39, 0.29) is 5.82 Å². The topological polar surface area (TPSA) is 58.3 Å². The number of likely N-dealkylation sites (N-methyl/N-ethyl adjacent to an activating group) is 1. The minimum Gasteiger partial charge on any atom is -0.369 e. The van der Waals surface area contributed by atoms with Crippen LogP contribution in [-0.2, 0) is 0 Å². The molecule has 0 aliphatic carbocycles. The van der Waals surface area contributed by atoms with Crippen molar-refractivity contribution in [3.63, 3.8) is 0 Å². The fourth-order valence-electron chi connectivity index (χ4n) is 3.11. The van der Waals surface area contributed by atoms with Crippen LogP contribution in [0.4, 0.5) is 10.1 Å². The van der Waals surface area contributed by atoms with Gasteiger partial charge in [-0.1, -0.05) is 5.16 Å². The summed E-state index contributed by atoms with van der Waals surface area (Å²) in [7, 11) is 2.13. The van der Waals surface area contributed by atoms with Crippen molar-refractivity contribution < 1.29 is 8.91 Å². The lowest BCUT2D eigenvalue weighted by molar-refractivity contribution is 0.313. The number of anilines is 1. The third-order valence-corrected chi connectivity index (χ3v) is 4.69. The van der Waals surface area contributed by atoms with E-state index in [0.717, 1.165) is 43.0 Å². The number of piperazine rings is 1. The van der Waals surface area contributed by atoms with Gasteiger partial charge in [0.1, 0.15) is 11.5 Å². The molecule has 0 spiro atoms. The van der Waals surface area contributed by atoms with E-state index in [9.17, 15) is 4.39 Å². The van der Waals surface area contributed by atoms with Crippen LogP contribution in [-0.4, -0.2) is 53.3 Å². The Balaban J connectivity index is 1.60. The Morgan fingerprint density at radius 2 is 1.88 bits per heavy atom. The number of pyridine rings is 1. The van der Waals surface area contributed by atoms with E-state index >= 15 is 0 Å². The normalized spacial score (nSPS) is 15.4. The van der Waals surface area contributed by atoms with E-state index in [2.05, 4.69) is 32.0 Å². The summed E-state index contributed by atoms with van der Waals surface area (Å²) < 4.78 is 18.7. The van der Waals surface area contributed by atoms with Crippen molar-refractivity contribution in [3.8, 4) is 23.0 Å². The van der Waals surface area contributed by atoms with Crippen LogP contribution in [0.1, 0.15) is 5.56 Å². The molecule has 26 heavy (non-hydrogen) atoms. The first-order valence-electron chi connectivity index (χ1n) is 8.60. The summed E-state index contributed by atoms with van der Waals surface area (Å²) in [6.45, 7) is 5.84. The molecule has 0 bridgehead atoms. The highest BCUT2D eigenvalue weighted by molar-refractivity contribution is 5.63. The predicted molar refractivity (Wildman–Crippen MR) is 97.4 cm³/mol. The molecule has 0 unspecified atom stereocenters. The van der Waals surface area contributed by atoms with Crippen molar-refractivity contribution in [1.29, 1.82) is 0 Å². The van der Waals surface area contributed by atoms with Crippen molar-refractivity contribution in [2.75, 3.05) is 38.1 Å². The summed E-state index contributed by atoms with van der Waals surface area (Å²) in [5, 5.41) is 4.06. The van der Waals surface area contributed by atoms with Crippen molar-refractivity contribution in [2.24, 2.45) is 0 Å². The lowest BCUT2D eigenvalue weighted by Crippen LogP contribution is -2.44. The fraction of sp³-hybridized carbons (Fsp3) is 0.316. The van der Waals surface area contributed by atoms with Gasteiger partial charge >= 0.3 is 0 Å². The first-order chi connectivity index (χ1) is 12.6. The summed E-state index contributed by atoms with van der Waals surface area (Å²) in [6.07, 6.45) is 1.77. The molecule has 1 saturated heterocycles. The second kappa shape index (κ2) is 6.84. The van der Waals surface area contributed by atoms with E-state index in [4.69, 9.17) is 4.52 Å². The van der Waals surface area contributed by atoms with Crippen LogP contribution in [0.3, 0.4) is 0 Å². The third-order valence-electron chi connectivity index (χ3n) is 4.69. The minimum absolute atomic E-state index is 0.285. The van der Waals surface area contributed by atoms with Crippen molar-refractivity contribution >= 4 is 5.69 Å². The van der Waals surface area contributed by atoms with Gasteiger partial charge in [-0.3, -0.25) is 4.98 Å². The van der Waals surface area contributed by atoms with Crippen molar-refractivity contribution in [2.45, 2.75) is 6.92 Å². The monoisotopic (exact) mass is 353 g/mol. The Bertz CT molecular complexity index is 918. The first kappa shape index (κ1) is 16.7. The molecule has 0 amide bonds. The molecule has 6 nitrogen and oxygen atoms in total. The number of halogens is 1. The minimum atomic E-state index is -0.285. The number of aromatic nitrogens is 3. The molecule has 3 heterocycles. The Kier molecular flexibility index (Phi) is 4.38. The molecular weight excluding hydrogens is 333 g/mol. The van der Waals surface area contributed by atoms with E-state index < -0.39 is 0 Å². The molecule has 0 N–H and O–H groups in total. The van der Waals surface area contributed by atoms with Crippen LogP contribution in [0, 0.1) is 12.7 Å². The average molecular weight is 353 g/mol. The maximum absolute atomic E-state index is 13.3. The van der Waals surface area contributed by atoms with Gasteiger partial charge in [-0.2, -0.15) is 4.98 Å². The number of benzene rings is 1. The lowest BCUT2D eigenvalue weighted by Gasteiger charge is -2.34. The predicted octanol–water partition coefficient (Wildman–Crippen LogP) is 3.00. The third kappa shape index (κ3) is 3.30. The van der Waals surface area contributed by atoms with E-state index in [1.54, 1.807) is 12.3 Å². The van der Waals surface area contributed by atoms with Gasteiger partial charge in [0.05, 0.1) is 0 Å². The van der Waals surface area contributed by atoms with Gasteiger partial charge in [-0.25, -0.2) is 4.39 Å². The molecule has 4 rings (SSSR count). The largest absolute Gasteiger partial charge is 0.369 e. The summed E-state index contributed by atoms with van der Waals surface area (Å²) in [4.78, 5) is 13.5. The SMILES string of the molecule is Cc1cc(F)ccc1-c1nc(-c2cc(N3CCN(C)CC3)ccn2)no1. The van der Waals surface area contributed by atoms with Crippen LogP contribution < -0.4 is 4.90 Å². The summed E-state index contributed by atoms with van der Waals surface area (Å²) in [5.74, 6) is 0.511. The number of rotatable bonds is 3. The highest BCUT2D eigenvalue weighted by Crippen LogP contribution is 2.26. The number of hydrogen-bond acceptors (Lipinski definition) is 6. The molecular formula is C19H20FN5O. The molecule has 1 aromatic carbocycles. The average Bonchev–Trinajstić information content (AvgIpc) is 3.12. The highest BCUT2D eigenvalue weighted by Gasteiger charge is 2.17. The Labute approximate surface area is 151 Å². The first-order valence-corrected chi connectivity index (χ1v) is 8.60. The molecule has 134 valence electrons. The summed E-state index contributed by atoms with van der Waals surface area (Å²) in [5.41, 5.74) is 3.24. The van der Waals surface area contributed by atoms with E-state index in [1.807, 2.05) is 19.1 Å². The van der Waals surface area contributed by atoms with Crippen LogP contribution in [0.25, 0.3) is 23.0 Å². The van der Waals surface area contributed by atoms with Gasteiger partial charge < -0.3 is 14.3 Å². The Hall–Kier alpha value is -2.80. The highest BCUT2D eigenvalue weighted by atomic mass is 19.1. The molecule has 0 saturated carbocycles. The van der Waals surface area contributed by atoms with Crippen LogP contribution in [0.15, 0.2) is 41.1 Å². The van der Waals surface area contributed by atoms with Gasteiger partial charge in [0.2, 0.25) is 5.82 Å². The molecule has 7 heteroatoms. The zero-order valence-electron chi connectivity index (χ0n) is 14.8. The molecule has 2 aromatic heterocycles. The van der Waals surface area contributed by atoms with Gasteiger partial charge in [0.25, 0.3) is 5.89 Å². The van der Waals surface area contributed by atoms with Crippen LogP contribution >= 0.6 is 0 Å². The molecule has 3 aromatic rings. The maximum atomic E-state index is 13.3. The van der Waals surface area contributed by atoms with Gasteiger partial charge in [-0.05, 0) is 49.9 Å². The zero-order chi connectivity index (χ0) is 18.1. The fourth-order valence-corrected chi connectivity index (χ4v) is 3.11. The quantitative estimate of drug-likeness (QED) is 0.721. The van der Waals surface area contributed by atoms with E-state index in [1.165, 1.54) is 12.1 Å². The standard InChI is InChI=1S/C19H20FN5O/c1-13-11-14(20)3-4-16(13)19-22-18(23-26-19)17-12-15(5-6-21-17)25-9-7-24(2)8-10-25/h3-6,11-12H,7-10H2,1-2H3. The lowest BCUT2D eigenvalue weighted by atomic mass is 10.1. The molecule has 1 aliphatic rings. The molecule has 1 aliphatic heterocycles. The van der Waals surface area contributed by atoms with Gasteiger partial charge in [-0.15, -0.1) is 0 Å². The van der Waals surface area contributed by atoms with Crippen LogP contribution in [0.2, 0.25) is 0 Å². The Morgan fingerprint density at radius 1 is 1.08 bits per heavy atom. The maximum Gasteiger partial charge on any atom is 0.258 e. The van der Waals surface area contributed by atoms with Crippen LogP contribution in [0.5, 0.6) is 0 Å². The molecule has 0 atom stereocenters. The molecule has 1 fully saturated rings. The second-order valence-corrected chi connectivity index (χ2v) is 6.57. The summed E-state index contributed by atoms with van der Waals surface area (Å²) in [6, 6.07) is 8.47. The zero-order valence-corrected chi connectivity index (χ0v) is 14.8. The number of hydrogen-bond donors (Lipinski definition) is 0. The second-order valence-electron chi connectivity index (χ2n) is 6.57. The van der Waals surface area contributed by atoms with Crippen molar-refractivity contribution in [1.82, 2.24) is 20.0 Å². The van der Waals surface area contributed by atoms with E-state index in [0.29, 0.717) is 17.4 Å². The smallest absolute Gasteiger partial charge is 0.258 e. The van der Waals surface area contributed by atoms with Gasteiger partial charge in [0.15, 0.2) is 0 Å².